The van der Waals surface area contributed by atoms with E-state index in [0.717, 1.165) is 17.7 Å². The van der Waals surface area contributed by atoms with Crippen LogP contribution in [0.2, 0.25) is 0 Å². The lowest BCUT2D eigenvalue weighted by Gasteiger charge is -2.08. The number of aryl methyl sites for hydroxylation is 1. The minimum Gasteiger partial charge on any atom is -0.439 e. The molecular formula is C15H17NO2. The smallest absolute Gasteiger partial charge is 0.219 e. The quantitative estimate of drug-likeness (QED) is 0.893. The number of pyridine rings is 1. The Morgan fingerprint density at radius 3 is 2.56 bits per heavy atom. The average Bonchev–Trinajstić information content (AvgIpc) is 2.40. The fourth-order valence-electron chi connectivity index (χ4n) is 1.65. The highest BCUT2D eigenvalue weighted by molar-refractivity contribution is 5.31. The van der Waals surface area contributed by atoms with Gasteiger partial charge in [-0.3, -0.25) is 0 Å². The Hall–Kier alpha value is -1.87. The van der Waals surface area contributed by atoms with Crippen LogP contribution in [0.3, 0.4) is 0 Å². The first-order chi connectivity index (χ1) is 8.69. The second kappa shape index (κ2) is 5.65. The van der Waals surface area contributed by atoms with Gasteiger partial charge in [0.05, 0.1) is 6.10 Å². The minimum absolute atomic E-state index is 0.498. The van der Waals surface area contributed by atoms with Crippen molar-refractivity contribution in [3.8, 4) is 11.6 Å². The Labute approximate surface area is 107 Å². The van der Waals surface area contributed by atoms with Crippen LogP contribution in [0.15, 0.2) is 42.6 Å². The van der Waals surface area contributed by atoms with Crippen LogP contribution in [0.25, 0.3) is 0 Å². The van der Waals surface area contributed by atoms with E-state index in [2.05, 4.69) is 11.9 Å². The molecule has 0 saturated carbocycles. The van der Waals surface area contributed by atoms with Crippen LogP contribution in [-0.4, -0.2) is 10.1 Å². The van der Waals surface area contributed by atoms with Gasteiger partial charge < -0.3 is 9.84 Å². The highest BCUT2D eigenvalue weighted by atomic mass is 16.5. The van der Waals surface area contributed by atoms with E-state index in [-0.39, 0.29) is 0 Å². The molecule has 1 N–H and O–H groups in total. The fraction of sp³-hybridized carbons (Fsp3) is 0.267. The van der Waals surface area contributed by atoms with Crippen molar-refractivity contribution in [2.24, 2.45) is 0 Å². The standard InChI is InChI=1S/C15H17NO2/c1-3-12-4-6-14(7-5-12)18-15-10-13(11(2)17)8-9-16-15/h4-11,17H,3H2,1-2H3/t11-/m0/s1. The third-order valence-electron chi connectivity index (χ3n) is 2.80. The first kappa shape index (κ1) is 12.6. The van der Waals surface area contributed by atoms with E-state index in [1.54, 1.807) is 25.3 Å². The van der Waals surface area contributed by atoms with Crippen molar-refractivity contribution in [1.29, 1.82) is 0 Å². The summed E-state index contributed by atoms with van der Waals surface area (Å²) in [4.78, 5) is 4.13. The van der Waals surface area contributed by atoms with Crippen molar-refractivity contribution < 1.29 is 9.84 Å². The van der Waals surface area contributed by atoms with Gasteiger partial charge in [-0.25, -0.2) is 4.98 Å². The van der Waals surface area contributed by atoms with E-state index < -0.39 is 6.10 Å². The van der Waals surface area contributed by atoms with E-state index in [1.165, 1.54) is 5.56 Å². The molecule has 1 heterocycles. The largest absolute Gasteiger partial charge is 0.439 e. The van der Waals surface area contributed by atoms with Crippen molar-refractivity contribution in [3.05, 3.63) is 53.7 Å². The molecule has 1 atom stereocenters. The van der Waals surface area contributed by atoms with E-state index >= 15 is 0 Å². The number of benzene rings is 1. The lowest BCUT2D eigenvalue weighted by molar-refractivity contribution is 0.198. The van der Waals surface area contributed by atoms with E-state index in [4.69, 9.17) is 4.74 Å². The van der Waals surface area contributed by atoms with Crippen molar-refractivity contribution in [1.82, 2.24) is 4.98 Å². The molecule has 0 aliphatic carbocycles. The number of hydrogen-bond donors (Lipinski definition) is 1. The monoisotopic (exact) mass is 243 g/mol. The van der Waals surface area contributed by atoms with Crippen molar-refractivity contribution in [2.45, 2.75) is 26.4 Å². The summed E-state index contributed by atoms with van der Waals surface area (Å²) >= 11 is 0. The zero-order chi connectivity index (χ0) is 13.0. The van der Waals surface area contributed by atoms with Crippen LogP contribution < -0.4 is 4.74 Å². The molecule has 0 amide bonds. The Morgan fingerprint density at radius 2 is 1.94 bits per heavy atom. The topological polar surface area (TPSA) is 42.4 Å². The molecule has 0 unspecified atom stereocenters. The van der Waals surface area contributed by atoms with Gasteiger partial charge in [0, 0.05) is 12.3 Å². The molecule has 18 heavy (non-hydrogen) atoms. The number of hydrogen-bond acceptors (Lipinski definition) is 3. The number of aromatic nitrogens is 1. The Kier molecular flexibility index (Phi) is 3.95. The molecule has 0 radical (unpaired) electrons. The SMILES string of the molecule is CCc1ccc(Oc2cc([C@H](C)O)ccn2)cc1. The van der Waals surface area contributed by atoms with Gasteiger partial charge in [0.1, 0.15) is 5.75 Å². The summed E-state index contributed by atoms with van der Waals surface area (Å²) < 4.78 is 5.65. The lowest BCUT2D eigenvalue weighted by atomic mass is 10.2. The van der Waals surface area contributed by atoms with Gasteiger partial charge in [0.15, 0.2) is 0 Å². The molecule has 3 heteroatoms. The maximum Gasteiger partial charge on any atom is 0.219 e. The maximum absolute atomic E-state index is 9.50. The molecule has 2 aromatic rings. The summed E-state index contributed by atoms with van der Waals surface area (Å²) in [6.07, 6.45) is 2.13. The zero-order valence-electron chi connectivity index (χ0n) is 10.6. The Bertz CT molecular complexity index is 506. The molecule has 1 aromatic heterocycles. The van der Waals surface area contributed by atoms with Crippen LogP contribution in [0.5, 0.6) is 11.6 Å². The normalized spacial score (nSPS) is 12.2. The number of aliphatic hydroxyl groups excluding tert-OH is 1. The van der Waals surface area contributed by atoms with Gasteiger partial charge in [-0.2, -0.15) is 0 Å². The van der Waals surface area contributed by atoms with Gasteiger partial charge in [-0.1, -0.05) is 19.1 Å². The molecule has 94 valence electrons. The highest BCUT2D eigenvalue weighted by Crippen LogP contribution is 2.22. The number of nitrogens with zero attached hydrogens (tertiary/aromatic N) is 1. The Morgan fingerprint density at radius 1 is 1.22 bits per heavy atom. The predicted octanol–water partition coefficient (Wildman–Crippen LogP) is 3.49. The van der Waals surface area contributed by atoms with Gasteiger partial charge >= 0.3 is 0 Å². The van der Waals surface area contributed by atoms with Crippen molar-refractivity contribution in [3.63, 3.8) is 0 Å². The maximum atomic E-state index is 9.50. The molecule has 0 fully saturated rings. The molecule has 0 bridgehead atoms. The van der Waals surface area contributed by atoms with E-state index in [0.29, 0.717) is 5.88 Å². The van der Waals surface area contributed by atoms with Gasteiger partial charge in [0.2, 0.25) is 5.88 Å². The number of aliphatic hydroxyl groups is 1. The number of rotatable bonds is 4. The highest BCUT2D eigenvalue weighted by Gasteiger charge is 2.04. The van der Waals surface area contributed by atoms with Crippen molar-refractivity contribution in [2.75, 3.05) is 0 Å². The summed E-state index contributed by atoms with van der Waals surface area (Å²) in [5, 5.41) is 9.50. The summed E-state index contributed by atoms with van der Waals surface area (Å²) in [5.74, 6) is 1.25. The summed E-state index contributed by atoms with van der Waals surface area (Å²) in [7, 11) is 0. The van der Waals surface area contributed by atoms with Crippen LogP contribution in [-0.2, 0) is 6.42 Å². The summed E-state index contributed by atoms with van der Waals surface area (Å²) in [5.41, 5.74) is 2.07. The fourth-order valence-corrected chi connectivity index (χ4v) is 1.65. The molecule has 1 aromatic carbocycles. The van der Waals surface area contributed by atoms with Gasteiger partial charge in [-0.05, 0) is 42.7 Å². The zero-order valence-corrected chi connectivity index (χ0v) is 10.6. The third kappa shape index (κ3) is 3.08. The number of ether oxygens (including phenoxy) is 1. The third-order valence-corrected chi connectivity index (χ3v) is 2.80. The second-order valence-electron chi connectivity index (χ2n) is 4.20. The van der Waals surface area contributed by atoms with Gasteiger partial charge in [-0.15, -0.1) is 0 Å². The van der Waals surface area contributed by atoms with Gasteiger partial charge in [0.25, 0.3) is 0 Å². The molecule has 0 saturated heterocycles. The average molecular weight is 243 g/mol. The summed E-state index contributed by atoms with van der Waals surface area (Å²) in [6, 6.07) is 11.4. The van der Waals surface area contributed by atoms with Crippen LogP contribution in [0.4, 0.5) is 0 Å². The molecule has 3 nitrogen and oxygen atoms in total. The summed E-state index contributed by atoms with van der Waals surface area (Å²) in [6.45, 7) is 3.83. The second-order valence-corrected chi connectivity index (χ2v) is 4.20. The first-order valence-electron chi connectivity index (χ1n) is 6.10. The van der Waals surface area contributed by atoms with Crippen molar-refractivity contribution >= 4 is 0 Å². The Balaban J connectivity index is 2.15. The minimum atomic E-state index is -0.516. The van der Waals surface area contributed by atoms with Crippen LogP contribution >= 0.6 is 0 Å². The lowest BCUT2D eigenvalue weighted by Crippen LogP contribution is -1.94. The molecular weight excluding hydrogens is 226 g/mol. The molecule has 0 spiro atoms. The molecule has 0 aliphatic rings. The van der Waals surface area contributed by atoms with Crippen LogP contribution in [0.1, 0.15) is 31.1 Å². The molecule has 0 aliphatic heterocycles. The predicted molar refractivity (Wildman–Crippen MR) is 70.8 cm³/mol. The van der Waals surface area contributed by atoms with E-state index in [9.17, 15) is 5.11 Å². The van der Waals surface area contributed by atoms with E-state index in [1.807, 2.05) is 24.3 Å². The molecule has 2 rings (SSSR count). The first-order valence-corrected chi connectivity index (χ1v) is 6.10. The van der Waals surface area contributed by atoms with Crippen LogP contribution in [0, 0.1) is 0 Å².